The first-order valence-electron chi connectivity index (χ1n) is 4.49. The number of benzene rings is 1. The number of rotatable bonds is 3. The first kappa shape index (κ1) is 10.6. The average Bonchev–Trinajstić information content (AvgIpc) is 2.17. The van der Waals surface area contributed by atoms with Crippen LogP contribution in [0.1, 0.15) is 37.0 Å². The molecular weight excluding hydrogens is 184 g/mol. The van der Waals surface area contributed by atoms with Gasteiger partial charge in [0.15, 0.2) is 0 Å². The molecule has 0 saturated carbocycles. The highest BCUT2D eigenvalue weighted by Crippen LogP contribution is 2.19. The fourth-order valence-corrected chi connectivity index (χ4v) is 1.37. The first-order valence-corrected chi connectivity index (χ1v) is 5.02. The molecular formula is C11H15ClO. The summed E-state index contributed by atoms with van der Waals surface area (Å²) in [6.45, 7) is 4.29. The topological polar surface area (TPSA) is 20.2 Å². The number of halogens is 1. The number of aliphatic hydroxyl groups excluding tert-OH is 1. The van der Waals surface area contributed by atoms with Crippen LogP contribution in [-0.4, -0.2) is 11.0 Å². The zero-order valence-corrected chi connectivity index (χ0v) is 8.75. The van der Waals surface area contributed by atoms with Crippen LogP contribution < -0.4 is 0 Å². The summed E-state index contributed by atoms with van der Waals surface area (Å²) < 4.78 is 0. The van der Waals surface area contributed by atoms with Crippen LogP contribution in [0.5, 0.6) is 0 Å². The Morgan fingerprint density at radius 3 is 2.00 bits per heavy atom. The van der Waals surface area contributed by atoms with Gasteiger partial charge in [-0.05, 0) is 17.0 Å². The van der Waals surface area contributed by atoms with Gasteiger partial charge in [0.25, 0.3) is 0 Å². The zero-order chi connectivity index (χ0) is 9.84. The molecule has 0 aliphatic carbocycles. The highest BCUT2D eigenvalue weighted by molar-refractivity contribution is 6.18. The molecule has 0 spiro atoms. The monoisotopic (exact) mass is 198 g/mol. The number of alkyl halides is 1. The highest BCUT2D eigenvalue weighted by Gasteiger charge is 2.05. The standard InChI is InChI=1S/C11H15ClO/c1-8(2)9-3-5-10(6-4-9)11(13)7-12/h3-6,8,11,13H,7H2,1-2H3/t11-/m0/s1. The molecule has 0 bridgehead atoms. The molecule has 1 atom stereocenters. The van der Waals surface area contributed by atoms with E-state index in [1.54, 1.807) is 0 Å². The van der Waals surface area contributed by atoms with Crippen molar-refractivity contribution >= 4 is 11.6 Å². The predicted molar refractivity (Wildman–Crippen MR) is 56.2 cm³/mol. The predicted octanol–water partition coefficient (Wildman–Crippen LogP) is 3.08. The van der Waals surface area contributed by atoms with Gasteiger partial charge < -0.3 is 5.11 Å². The molecule has 1 aromatic carbocycles. The minimum absolute atomic E-state index is 0.251. The molecule has 0 aliphatic heterocycles. The van der Waals surface area contributed by atoms with Crippen LogP contribution in [0, 0.1) is 0 Å². The molecule has 1 N–H and O–H groups in total. The van der Waals surface area contributed by atoms with Gasteiger partial charge in [0.05, 0.1) is 12.0 Å². The number of hydrogen-bond donors (Lipinski definition) is 1. The summed E-state index contributed by atoms with van der Waals surface area (Å²) in [5.41, 5.74) is 2.17. The van der Waals surface area contributed by atoms with Gasteiger partial charge >= 0.3 is 0 Å². The average molecular weight is 199 g/mol. The van der Waals surface area contributed by atoms with Crippen molar-refractivity contribution in [3.63, 3.8) is 0 Å². The van der Waals surface area contributed by atoms with Crippen LogP contribution in [0.3, 0.4) is 0 Å². The number of aliphatic hydroxyl groups is 1. The Morgan fingerprint density at radius 2 is 1.62 bits per heavy atom. The van der Waals surface area contributed by atoms with Gasteiger partial charge in [-0.25, -0.2) is 0 Å². The smallest absolute Gasteiger partial charge is 0.0925 e. The zero-order valence-electron chi connectivity index (χ0n) is 8.00. The van der Waals surface area contributed by atoms with E-state index in [1.165, 1.54) is 5.56 Å². The van der Waals surface area contributed by atoms with Crippen LogP contribution >= 0.6 is 11.6 Å². The molecule has 0 fully saturated rings. The third-order valence-electron chi connectivity index (χ3n) is 2.13. The Kier molecular flexibility index (Phi) is 3.76. The lowest BCUT2D eigenvalue weighted by Crippen LogP contribution is -1.98. The van der Waals surface area contributed by atoms with Crippen molar-refractivity contribution in [1.29, 1.82) is 0 Å². The molecule has 0 saturated heterocycles. The van der Waals surface area contributed by atoms with Gasteiger partial charge in [-0.1, -0.05) is 38.1 Å². The fourth-order valence-electron chi connectivity index (χ4n) is 1.19. The van der Waals surface area contributed by atoms with Crippen molar-refractivity contribution in [3.8, 4) is 0 Å². The van der Waals surface area contributed by atoms with Crippen LogP contribution in [-0.2, 0) is 0 Å². The Labute approximate surface area is 84.4 Å². The van der Waals surface area contributed by atoms with Gasteiger partial charge in [-0.15, -0.1) is 11.6 Å². The van der Waals surface area contributed by atoms with E-state index in [0.29, 0.717) is 5.92 Å². The minimum Gasteiger partial charge on any atom is -0.387 e. The summed E-state index contributed by atoms with van der Waals surface area (Å²) in [5, 5.41) is 9.43. The second-order valence-corrected chi connectivity index (χ2v) is 3.80. The molecule has 0 radical (unpaired) electrons. The Morgan fingerprint density at radius 1 is 1.15 bits per heavy atom. The van der Waals surface area contributed by atoms with Crippen LogP contribution in [0.2, 0.25) is 0 Å². The summed E-state index contributed by atoms with van der Waals surface area (Å²) in [6.07, 6.45) is -0.539. The summed E-state index contributed by atoms with van der Waals surface area (Å²) in [6, 6.07) is 7.94. The van der Waals surface area contributed by atoms with Gasteiger partial charge in [0.1, 0.15) is 0 Å². The maximum atomic E-state index is 9.43. The Hall–Kier alpha value is -0.530. The third kappa shape index (κ3) is 2.71. The summed E-state index contributed by atoms with van der Waals surface area (Å²) in [5.74, 6) is 0.781. The maximum Gasteiger partial charge on any atom is 0.0925 e. The van der Waals surface area contributed by atoms with Crippen LogP contribution in [0.15, 0.2) is 24.3 Å². The van der Waals surface area contributed by atoms with E-state index in [-0.39, 0.29) is 5.88 Å². The SMILES string of the molecule is CC(C)c1ccc([C@@H](O)CCl)cc1. The van der Waals surface area contributed by atoms with Gasteiger partial charge in [0.2, 0.25) is 0 Å². The number of hydrogen-bond acceptors (Lipinski definition) is 1. The second-order valence-electron chi connectivity index (χ2n) is 3.49. The molecule has 0 amide bonds. The van der Waals surface area contributed by atoms with Gasteiger partial charge in [-0.2, -0.15) is 0 Å². The quantitative estimate of drug-likeness (QED) is 0.741. The van der Waals surface area contributed by atoms with Crippen molar-refractivity contribution in [2.75, 3.05) is 5.88 Å². The van der Waals surface area contributed by atoms with Gasteiger partial charge in [-0.3, -0.25) is 0 Å². The van der Waals surface area contributed by atoms with Crippen LogP contribution in [0.4, 0.5) is 0 Å². The lowest BCUT2D eigenvalue weighted by molar-refractivity contribution is 0.202. The lowest BCUT2D eigenvalue weighted by atomic mass is 10.0. The summed E-state index contributed by atoms with van der Waals surface area (Å²) in [7, 11) is 0. The molecule has 2 heteroatoms. The largest absolute Gasteiger partial charge is 0.387 e. The molecule has 0 aromatic heterocycles. The van der Waals surface area contributed by atoms with E-state index in [9.17, 15) is 5.11 Å². The molecule has 13 heavy (non-hydrogen) atoms. The van der Waals surface area contributed by atoms with Crippen molar-refractivity contribution in [2.24, 2.45) is 0 Å². The van der Waals surface area contributed by atoms with Crippen LogP contribution in [0.25, 0.3) is 0 Å². The molecule has 0 aliphatic rings. The summed E-state index contributed by atoms with van der Waals surface area (Å²) >= 11 is 5.54. The van der Waals surface area contributed by atoms with E-state index < -0.39 is 6.10 Å². The van der Waals surface area contributed by atoms with E-state index >= 15 is 0 Å². The lowest BCUT2D eigenvalue weighted by Gasteiger charge is -2.09. The fraction of sp³-hybridized carbons (Fsp3) is 0.455. The van der Waals surface area contributed by atoms with Gasteiger partial charge in [0, 0.05) is 0 Å². The minimum atomic E-state index is -0.539. The molecule has 0 unspecified atom stereocenters. The molecule has 1 rings (SSSR count). The van der Waals surface area contributed by atoms with Crippen molar-refractivity contribution in [2.45, 2.75) is 25.9 Å². The molecule has 72 valence electrons. The maximum absolute atomic E-state index is 9.43. The van der Waals surface area contributed by atoms with E-state index in [1.807, 2.05) is 24.3 Å². The molecule has 1 nitrogen and oxygen atoms in total. The normalized spacial score (nSPS) is 13.3. The Balaban J connectivity index is 2.81. The third-order valence-corrected chi connectivity index (χ3v) is 2.43. The summed E-state index contributed by atoms with van der Waals surface area (Å²) in [4.78, 5) is 0. The molecule has 0 heterocycles. The van der Waals surface area contributed by atoms with E-state index in [2.05, 4.69) is 13.8 Å². The second kappa shape index (κ2) is 4.64. The van der Waals surface area contributed by atoms with Crippen molar-refractivity contribution in [3.05, 3.63) is 35.4 Å². The first-order chi connectivity index (χ1) is 6.15. The van der Waals surface area contributed by atoms with E-state index in [4.69, 9.17) is 11.6 Å². The molecule has 1 aromatic rings. The highest BCUT2D eigenvalue weighted by atomic mass is 35.5. The van der Waals surface area contributed by atoms with Crippen molar-refractivity contribution in [1.82, 2.24) is 0 Å². The van der Waals surface area contributed by atoms with Crippen molar-refractivity contribution < 1.29 is 5.11 Å². The Bertz CT molecular complexity index is 253. The van der Waals surface area contributed by atoms with E-state index in [0.717, 1.165) is 5.56 Å².